The molecule has 1 heterocycles. The lowest BCUT2D eigenvalue weighted by atomic mass is 10.1. The number of hydrogen-bond donors (Lipinski definition) is 4. The van der Waals surface area contributed by atoms with Gasteiger partial charge in [0, 0.05) is 19.5 Å². The van der Waals surface area contributed by atoms with E-state index < -0.39 is 18.3 Å². The zero-order valence-corrected chi connectivity index (χ0v) is 5.70. The van der Waals surface area contributed by atoms with Crippen molar-refractivity contribution in [1.82, 2.24) is 5.32 Å². The first-order chi connectivity index (χ1) is 4.70. The largest absolute Gasteiger partial charge is 0.392 e. The minimum atomic E-state index is -0.787. The van der Waals surface area contributed by atoms with Crippen molar-refractivity contribution in [3.05, 3.63) is 0 Å². The molecule has 10 heavy (non-hydrogen) atoms. The highest BCUT2D eigenvalue weighted by atomic mass is 16.3. The predicted octanol–water partition coefficient (Wildman–Crippen LogP) is -1.94. The quantitative estimate of drug-likeness (QED) is 0.322. The summed E-state index contributed by atoms with van der Waals surface area (Å²) in [6.07, 6.45) is -1.80. The van der Waals surface area contributed by atoms with Gasteiger partial charge in [-0.05, 0) is 0 Å². The fraction of sp³-hybridized carbons (Fsp3) is 1.00. The molecule has 1 fully saturated rings. The summed E-state index contributed by atoms with van der Waals surface area (Å²) in [7, 11) is 0. The van der Waals surface area contributed by atoms with Crippen LogP contribution in [0.5, 0.6) is 0 Å². The monoisotopic (exact) mass is 147 g/mol. The number of rotatable bonds is 0. The fourth-order valence-electron chi connectivity index (χ4n) is 1.05. The van der Waals surface area contributed by atoms with Crippen LogP contribution in [0.15, 0.2) is 0 Å². The van der Waals surface area contributed by atoms with Crippen LogP contribution in [0.4, 0.5) is 0 Å². The maximum absolute atomic E-state index is 9.08. The molecule has 1 aliphatic heterocycles. The average Bonchev–Trinajstić information content (AvgIpc) is 1.96. The van der Waals surface area contributed by atoms with Crippen molar-refractivity contribution < 1.29 is 15.3 Å². The zero-order valence-electron chi connectivity index (χ0n) is 5.70. The molecule has 1 rings (SSSR count). The van der Waals surface area contributed by atoms with Gasteiger partial charge in [-0.1, -0.05) is 0 Å². The molecule has 4 N–H and O–H groups in total. The van der Waals surface area contributed by atoms with Gasteiger partial charge in [0.25, 0.3) is 0 Å². The summed E-state index contributed by atoms with van der Waals surface area (Å²) in [6, 6.07) is 0. The second kappa shape index (κ2) is 3.30. The molecule has 0 aromatic carbocycles. The van der Waals surface area contributed by atoms with E-state index in [1.54, 1.807) is 0 Å². The number of hydrogen-bond acceptors (Lipinski definition) is 4. The van der Waals surface area contributed by atoms with Crippen molar-refractivity contribution in [3.63, 3.8) is 0 Å². The van der Waals surface area contributed by atoms with Crippen molar-refractivity contribution in [2.24, 2.45) is 0 Å². The standard InChI is InChI=1S/C6H13NO3/c8-4-1-5(9)6(10)3-7-2-4/h4-10H,1-3H2/t4-,5-,6+/m0/s1. The molecule has 0 amide bonds. The van der Waals surface area contributed by atoms with E-state index in [2.05, 4.69) is 5.32 Å². The third-order valence-corrected chi connectivity index (χ3v) is 1.69. The molecule has 0 spiro atoms. The Hall–Kier alpha value is -0.160. The molecule has 4 nitrogen and oxygen atoms in total. The molecule has 4 heteroatoms. The second-order valence-corrected chi connectivity index (χ2v) is 2.68. The van der Waals surface area contributed by atoms with Gasteiger partial charge in [0.05, 0.1) is 18.3 Å². The first-order valence-electron chi connectivity index (χ1n) is 3.45. The fourth-order valence-corrected chi connectivity index (χ4v) is 1.05. The van der Waals surface area contributed by atoms with Crippen LogP contribution in [0.25, 0.3) is 0 Å². The van der Waals surface area contributed by atoms with Crippen LogP contribution < -0.4 is 5.32 Å². The average molecular weight is 147 g/mol. The minimum absolute atomic E-state index is 0.258. The zero-order chi connectivity index (χ0) is 7.56. The lowest BCUT2D eigenvalue weighted by molar-refractivity contribution is 0.00544. The molecule has 0 bridgehead atoms. The van der Waals surface area contributed by atoms with Crippen molar-refractivity contribution >= 4 is 0 Å². The van der Waals surface area contributed by atoms with Crippen molar-refractivity contribution in [1.29, 1.82) is 0 Å². The lowest BCUT2D eigenvalue weighted by Gasteiger charge is -2.13. The van der Waals surface area contributed by atoms with Crippen molar-refractivity contribution in [2.75, 3.05) is 13.1 Å². The molecule has 3 atom stereocenters. The highest BCUT2D eigenvalue weighted by Crippen LogP contribution is 2.05. The molecule has 0 aromatic heterocycles. The molecular formula is C6H13NO3. The van der Waals surface area contributed by atoms with Crippen LogP contribution in [-0.2, 0) is 0 Å². The van der Waals surface area contributed by atoms with Crippen molar-refractivity contribution in [3.8, 4) is 0 Å². The van der Waals surface area contributed by atoms with E-state index in [-0.39, 0.29) is 6.42 Å². The van der Waals surface area contributed by atoms with Gasteiger partial charge in [-0.15, -0.1) is 0 Å². The topological polar surface area (TPSA) is 72.7 Å². The van der Waals surface area contributed by atoms with E-state index in [0.29, 0.717) is 13.1 Å². The molecule has 60 valence electrons. The van der Waals surface area contributed by atoms with Crippen molar-refractivity contribution in [2.45, 2.75) is 24.7 Å². The Morgan fingerprint density at radius 2 is 1.70 bits per heavy atom. The van der Waals surface area contributed by atoms with E-state index in [4.69, 9.17) is 15.3 Å². The Morgan fingerprint density at radius 3 is 2.40 bits per heavy atom. The van der Waals surface area contributed by atoms with Gasteiger partial charge in [0.15, 0.2) is 0 Å². The van der Waals surface area contributed by atoms with Crippen LogP contribution in [0.1, 0.15) is 6.42 Å². The van der Waals surface area contributed by atoms with Gasteiger partial charge >= 0.3 is 0 Å². The summed E-state index contributed by atoms with van der Waals surface area (Å²) in [6.45, 7) is 0.812. The molecule has 0 saturated carbocycles. The van der Waals surface area contributed by atoms with Gasteiger partial charge in [0.1, 0.15) is 0 Å². The summed E-state index contributed by atoms with van der Waals surface area (Å²) in [5.74, 6) is 0. The van der Waals surface area contributed by atoms with E-state index in [1.165, 1.54) is 0 Å². The Bertz CT molecular complexity index is 109. The van der Waals surface area contributed by atoms with E-state index >= 15 is 0 Å². The number of aliphatic hydroxyl groups is 3. The van der Waals surface area contributed by atoms with Crippen LogP contribution in [0.3, 0.4) is 0 Å². The SMILES string of the molecule is O[C@@H]1CNC[C@@H](O)[C@@H](O)C1. The highest BCUT2D eigenvalue weighted by Gasteiger charge is 2.22. The van der Waals surface area contributed by atoms with E-state index in [9.17, 15) is 0 Å². The minimum Gasteiger partial charge on any atom is -0.392 e. The molecular weight excluding hydrogens is 134 g/mol. The number of nitrogens with one attached hydrogen (secondary N) is 1. The van der Waals surface area contributed by atoms with Crippen LogP contribution >= 0.6 is 0 Å². The highest BCUT2D eigenvalue weighted by molar-refractivity contribution is 4.78. The molecule has 0 aliphatic carbocycles. The predicted molar refractivity (Wildman–Crippen MR) is 35.5 cm³/mol. The molecule has 0 aromatic rings. The Morgan fingerprint density at radius 1 is 1.00 bits per heavy atom. The van der Waals surface area contributed by atoms with Gasteiger partial charge in [-0.25, -0.2) is 0 Å². The smallest absolute Gasteiger partial charge is 0.0924 e. The van der Waals surface area contributed by atoms with Gasteiger partial charge < -0.3 is 20.6 Å². The van der Waals surface area contributed by atoms with Gasteiger partial charge in [-0.2, -0.15) is 0 Å². The van der Waals surface area contributed by atoms with Gasteiger partial charge in [-0.3, -0.25) is 0 Å². The van der Waals surface area contributed by atoms with Crippen LogP contribution in [-0.4, -0.2) is 46.7 Å². The summed E-state index contributed by atoms with van der Waals surface area (Å²) < 4.78 is 0. The molecule has 0 unspecified atom stereocenters. The number of aliphatic hydroxyl groups excluding tert-OH is 3. The first-order valence-corrected chi connectivity index (χ1v) is 3.45. The van der Waals surface area contributed by atoms with E-state index in [0.717, 1.165) is 0 Å². The summed E-state index contributed by atoms with van der Waals surface area (Å²) in [4.78, 5) is 0. The third-order valence-electron chi connectivity index (χ3n) is 1.69. The van der Waals surface area contributed by atoms with E-state index in [1.807, 2.05) is 0 Å². The van der Waals surface area contributed by atoms with Gasteiger partial charge in [0.2, 0.25) is 0 Å². The Labute approximate surface area is 59.5 Å². The summed E-state index contributed by atoms with van der Waals surface area (Å²) >= 11 is 0. The molecule has 1 saturated heterocycles. The third kappa shape index (κ3) is 1.91. The second-order valence-electron chi connectivity index (χ2n) is 2.68. The Balaban J connectivity index is 2.41. The normalized spacial score (nSPS) is 42.9. The van der Waals surface area contributed by atoms with Crippen LogP contribution in [0.2, 0.25) is 0 Å². The first kappa shape index (κ1) is 7.94. The lowest BCUT2D eigenvalue weighted by Crippen LogP contribution is -2.32. The summed E-state index contributed by atoms with van der Waals surface area (Å²) in [5, 5.41) is 30.0. The maximum atomic E-state index is 9.08. The van der Waals surface area contributed by atoms with Crippen LogP contribution in [0, 0.1) is 0 Å². The number of β-amino-alcohol motifs (C(OH)–C–C–N with tert-alkyl or cyclic N) is 2. The maximum Gasteiger partial charge on any atom is 0.0924 e. The molecule has 1 aliphatic rings. The Kier molecular flexibility index (Phi) is 2.62. The summed E-state index contributed by atoms with van der Waals surface area (Å²) in [5.41, 5.74) is 0. The molecule has 0 radical (unpaired) electrons.